The summed E-state index contributed by atoms with van der Waals surface area (Å²) >= 11 is 0. The first kappa shape index (κ1) is 8.48. The van der Waals surface area contributed by atoms with Gasteiger partial charge >= 0.3 is 0 Å². The Hall–Kier alpha value is -0.520. The predicted molar refractivity (Wildman–Crippen MR) is 43.4 cm³/mol. The van der Waals surface area contributed by atoms with Crippen LogP contribution in [0.4, 0.5) is 0 Å². The first-order valence-corrected chi connectivity index (χ1v) is 3.60. The van der Waals surface area contributed by atoms with E-state index in [2.05, 4.69) is 32.6 Å². The van der Waals surface area contributed by atoms with Gasteiger partial charge in [0.05, 0.1) is 0 Å². The largest absolute Gasteiger partial charge is 0.102 e. The summed E-state index contributed by atoms with van der Waals surface area (Å²) in [5.74, 6) is 0.538. The molecule has 0 aromatic carbocycles. The van der Waals surface area contributed by atoms with E-state index in [4.69, 9.17) is 0 Å². The highest BCUT2D eigenvalue weighted by molar-refractivity contribution is 4.94. The van der Waals surface area contributed by atoms with Gasteiger partial charge in [-0.1, -0.05) is 38.5 Å². The van der Waals surface area contributed by atoms with Crippen LogP contribution in [0.5, 0.6) is 0 Å². The van der Waals surface area contributed by atoms with Crippen molar-refractivity contribution in [3.8, 4) is 0 Å². The second-order valence-electron chi connectivity index (χ2n) is 2.31. The van der Waals surface area contributed by atoms with Crippen molar-refractivity contribution >= 4 is 0 Å². The molecule has 0 aliphatic carbocycles. The fourth-order valence-electron chi connectivity index (χ4n) is 0.556. The summed E-state index contributed by atoms with van der Waals surface area (Å²) < 4.78 is 0. The Morgan fingerprint density at radius 1 is 1.56 bits per heavy atom. The fourth-order valence-corrected chi connectivity index (χ4v) is 0.556. The molecule has 0 N–H and O–H groups in total. The molecule has 0 aromatic rings. The van der Waals surface area contributed by atoms with Crippen LogP contribution in [0.2, 0.25) is 0 Å². The van der Waals surface area contributed by atoms with E-state index in [0.29, 0.717) is 5.92 Å². The lowest BCUT2D eigenvalue weighted by Crippen LogP contribution is -1.78. The molecule has 0 saturated heterocycles. The fraction of sp³-hybridized carbons (Fsp3) is 0.556. The zero-order valence-electron chi connectivity index (χ0n) is 6.43. The number of hydrogen-bond acceptors (Lipinski definition) is 0. The van der Waals surface area contributed by atoms with Crippen LogP contribution in [0, 0.1) is 5.92 Å². The predicted octanol–water partition coefficient (Wildman–Crippen LogP) is 3.16. The van der Waals surface area contributed by atoms with E-state index >= 15 is 0 Å². The number of rotatable bonds is 4. The van der Waals surface area contributed by atoms with Crippen molar-refractivity contribution in [2.75, 3.05) is 0 Å². The molecule has 0 bridgehead atoms. The monoisotopic (exact) mass is 124 g/mol. The standard InChI is InChI=1S/C9H16/c1-4-6-7-8-9(3)5-2/h5,7-9H,2,4,6H2,1,3H3/b8-7+. The normalized spacial score (nSPS) is 14.0. The van der Waals surface area contributed by atoms with Crippen LogP contribution in [-0.2, 0) is 0 Å². The summed E-state index contributed by atoms with van der Waals surface area (Å²) in [5, 5.41) is 0. The van der Waals surface area contributed by atoms with Crippen LogP contribution in [0.15, 0.2) is 24.8 Å². The molecule has 0 rings (SSSR count). The third-order valence-electron chi connectivity index (χ3n) is 1.27. The van der Waals surface area contributed by atoms with Crippen molar-refractivity contribution in [1.82, 2.24) is 0 Å². The summed E-state index contributed by atoms with van der Waals surface area (Å²) in [5.41, 5.74) is 0. The number of hydrogen-bond donors (Lipinski definition) is 0. The third kappa shape index (κ3) is 5.35. The van der Waals surface area contributed by atoms with Gasteiger partial charge in [0.1, 0.15) is 0 Å². The summed E-state index contributed by atoms with van der Waals surface area (Å²) in [6, 6.07) is 0. The minimum atomic E-state index is 0.538. The maximum atomic E-state index is 3.69. The Morgan fingerprint density at radius 2 is 2.22 bits per heavy atom. The second-order valence-corrected chi connectivity index (χ2v) is 2.31. The van der Waals surface area contributed by atoms with Crippen molar-refractivity contribution in [3.05, 3.63) is 24.8 Å². The van der Waals surface area contributed by atoms with Gasteiger partial charge in [-0.25, -0.2) is 0 Å². The molecule has 1 unspecified atom stereocenters. The Kier molecular flexibility index (Phi) is 5.29. The van der Waals surface area contributed by atoms with E-state index in [1.54, 1.807) is 0 Å². The van der Waals surface area contributed by atoms with Gasteiger partial charge in [0.25, 0.3) is 0 Å². The molecule has 0 fully saturated rings. The van der Waals surface area contributed by atoms with Gasteiger partial charge in [0, 0.05) is 0 Å². The molecule has 0 nitrogen and oxygen atoms in total. The lowest BCUT2D eigenvalue weighted by atomic mass is 10.1. The number of allylic oxidation sites excluding steroid dienone is 3. The Labute approximate surface area is 58.3 Å². The molecule has 0 heterocycles. The van der Waals surface area contributed by atoms with Crippen LogP contribution in [0.25, 0.3) is 0 Å². The molecule has 1 atom stereocenters. The van der Waals surface area contributed by atoms with E-state index in [1.165, 1.54) is 12.8 Å². The van der Waals surface area contributed by atoms with Crippen LogP contribution in [0.1, 0.15) is 26.7 Å². The average molecular weight is 124 g/mol. The van der Waals surface area contributed by atoms with Gasteiger partial charge in [-0.15, -0.1) is 6.58 Å². The van der Waals surface area contributed by atoms with Crippen molar-refractivity contribution in [2.24, 2.45) is 5.92 Å². The number of unbranched alkanes of at least 4 members (excludes halogenated alkanes) is 1. The van der Waals surface area contributed by atoms with Crippen molar-refractivity contribution < 1.29 is 0 Å². The quantitative estimate of drug-likeness (QED) is 0.505. The van der Waals surface area contributed by atoms with Crippen LogP contribution in [0.3, 0.4) is 0 Å². The highest BCUT2D eigenvalue weighted by atomic mass is 13.9. The van der Waals surface area contributed by atoms with Gasteiger partial charge < -0.3 is 0 Å². The highest BCUT2D eigenvalue weighted by Crippen LogP contribution is 1.99. The second kappa shape index (κ2) is 5.61. The molecule has 0 aliphatic rings. The zero-order chi connectivity index (χ0) is 7.11. The molecular formula is C9H16. The molecule has 0 spiro atoms. The molecule has 52 valence electrons. The van der Waals surface area contributed by atoms with Crippen LogP contribution < -0.4 is 0 Å². The third-order valence-corrected chi connectivity index (χ3v) is 1.27. The topological polar surface area (TPSA) is 0 Å². The van der Waals surface area contributed by atoms with Gasteiger partial charge in [-0.3, -0.25) is 0 Å². The minimum Gasteiger partial charge on any atom is -0.102 e. The maximum Gasteiger partial charge on any atom is -0.00846 e. The highest BCUT2D eigenvalue weighted by Gasteiger charge is 1.83. The average Bonchev–Trinajstić information content (AvgIpc) is 1.89. The Balaban J connectivity index is 3.31. The van der Waals surface area contributed by atoms with Gasteiger partial charge in [0.15, 0.2) is 0 Å². The summed E-state index contributed by atoms with van der Waals surface area (Å²) in [7, 11) is 0. The lowest BCUT2D eigenvalue weighted by molar-refractivity contribution is 0.904. The zero-order valence-corrected chi connectivity index (χ0v) is 6.43. The van der Waals surface area contributed by atoms with Crippen molar-refractivity contribution in [2.45, 2.75) is 26.7 Å². The minimum absolute atomic E-state index is 0.538. The van der Waals surface area contributed by atoms with Gasteiger partial charge in [-0.2, -0.15) is 0 Å². The molecule has 0 saturated carbocycles. The Bertz CT molecular complexity index is 90.2. The molecule has 0 aliphatic heterocycles. The van der Waals surface area contributed by atoms with Crippen LogP contribution >= 0.6 is 0 Å². The van der Waals surface area contributed by atoms with E-state index in [-0.39, 0.29) is 0 Å². The van der Waals surface area contributed by atoms with Gasteiger partial charge in [0.2, 0.25) is 0 Å². The van der Waals surface area contributed by atoms with Crippen molar-refractivity contribution in [1.29, 1.82) is 0 Å². The lowest BCUT2D eigenvalue weighted by Gasteiger charge is -1.93. The summed E-state index contributed by atoms with van der Waals surface area (Å²) in [6.07, 6.45) is 8.79. The molecule has 0 heteroatoms. The molecule has 0 aromatic heterocycles. The van der Waals surface area contributed by atoms with Crippen molar-refractivity contribution in [3.63, 3.8) is 0 Å². The first-order valence-electron chi connectivity index (χ1n) is 3.60. The molecule has 0 radical (unpaired) electrons. The first-order chi connectivity index (χ1) is 4.31. The van der Waals surface area contributed by atoms with E-state index in [0.717, 1.165) is 0 Å². The summed E-state index contributed by atoms with van der Waals surface area (Å²) in [6.45, 7) is 8.01. The smallest absolute Gasteiger partial charge is 0.00846 e. The van der Waals surface area contributed by atoms with Gasteiger partial charge in [-0.05, 0) is 12.3 Å². The van der Waals surface area contributed by atoms with E-state index < -0.39 is 0 Å². The van der Waals surface area contributed by atoms with E-state index in [9.17, 15) is 0 Å². The summed E-state index contributed by atoms with van der Waals surface area (Å²) in [4.78, 5) is 0. The Morgan fingerprint density at radius 3 is 2.67 bits per heavy atom. The SMILES string of the molecule is C=CC(C)/C=C/CCC. The molecule has 0 amide bonds. The molecular weight excluding hydrogens is 108 g/mol. The van der Waals surface area contributed by atoms with E-state index in [1.807, 2.05) is 6.08 Å². The molecule has 9 heavy (non-hydrogen) atoms. The maximum absolute atomic E-state index is 3.69. The van der Waals surface area contributed by atoms with Crippen LogP contribution in [-0.4, -0.2) is 0 Å².